The van der Waals surface area contributed by atoms with Crippen molar-refractivity contribution in [3.8, 4) is 0 Å². The molecule has 38 heavy (non-hydrogen) atoms. The van der Waals surface area contributed by atoms with Crippen molar-refractivity contribution in [1.82, 2.24) is 0 Å². The Morgan fingerprint density at radius 2 is 0.711 bits per heavy atom. The maximum Gasteiger partial charge on any atom is 0.0414 e. The van der Waals surface area contributed by atoms with Gasteiger partial charge < -0.3 is 9.90 Å². The van der Waals surface area contributed by atoms with Crippen LogP contribution in [0.15, 0.2) is 60.8 Å². The number of aliphatic carboxylic acids is 1. The zero-order valence-electron chi connectivity index (χ0n) is 25.1. The van der Waals surface area contributed by atoms with Crippen LogP contribution in [0.2, 0.25) is 0 Å². The summed E-state index contributed by atoms with van der Waals surface area (Å²) in [6.45, 7) is 2.25. The molecule has 2 nitrogen and oxygen atoms in total. The standard InChI is InChI=1S/C36H62O2/c1-2-3-4-5-6-7-8-9-10-11-12-13-14-15-16-17-18-19-20-21-22-23-24-25-26-27-28-29-30-31-32-33-34-35-36(37)38/h6-7,9-10,12-13,15-16,18-19H,2-5,8,11,14,17,20-35H2,1H3,(H,37,38)/p-1/b7-6-,10-9-,13-12-,16-15-,19-18-. The molecule has 0 bridgehead atoms. The fraction of sp³-hybridized carbons (Fsp3) is 0.694. The van der Waals surface area contributed by atoms with E-state index < -0.39 is 5.97 Å². The quantitative estimate of drug-likeness (QED) is 0.0719. The summed E-state index contributed by atoms with van der Waals surface area (Å²) >= 11 is 0. The normalized spacial score (nSPS) is 12.4. The van der Waals surface area contributed by atoms with Gasteiger partial charge in [0.15, 0.2) is 0 Å². The summed E-state index contributed by atoms with van der Waals surface area (Å²) in [5.41, 5.74) is 0. The lowest BCUT2D eigenvalue weighted by atomic mass is 10.0. The van der Waals surface area contributed by atoms with Gasteiger partial charge in [-0.1, -0.05) is 158 Å². The first kappa shape index (κ1) is 36.2. The van der Waals surface area contributed by atoms with E-state index in [1.807, 2.05) is 0 Å². The summed E-state index contributed by atoms with van der Waals surface area (Å²) in [6.07, 6.45) is 51.6. The first-order valence-corrected chi connectivity index (χ1v) is 16.2. The fourth-order valence-electron chi connectivity index (χ4n) is 4.48. The van der Waals surface area contributed by atoms with E-state index in [9.17, 15) is 9.90 Å². The molecule has 0 radical (unpaired) electrons. The van der Waals surface area contributed by atoms with Gasteiger partial charge in [-0.3, -0.25) is 0 Å². The van der Waals surface area contributed by atoms with Crippen LogP contribution in [-0.2, 0) is 4.79 Å². The average molecular weight is 526 g/mol. The molecular weight excluding hydrogens is 464 g/mol. The number of carboxylic acids is 1. The Hall–Kier alpha value is -1.83. The van der Waals surface area contributed by atoms with Crippen molar-refractivity contribution in [3.63, 3.8) is 0 Å². The number of rotatable bonds is 29. The summed E-state index contributed by atoms with van der Waals surface area (Å²) < 4.78 is 0. The maximum absolute atomic E-state index is 10.4. The molecule has 0 aromatic heterocycles. The molecule has 218 valence electrons. The van der Waals surface area contributed by atoms with E-state index >= 15 is 0 Å². The van der Waals surface area contributed by atoms with Gasteiger partial charge in [-0.05, 0) is 64.2 Å². The summed E-state index contributed by atoms with van der Waals surface area (Å²) in [6, 6.07) is 0. The van der Waals surface area contributed by atoms with Crippen LogP contribution >= 0.6 is 0 Å². The van der Waals surface area contributed by atoms with Gasteiger partial charge in [0.2, 0.25) is 0 Å². The molecule has 2 heteroatoms. The third-order valence-corrected chi connectivity index (χ3v) is 6.90. The molecule has 0 heterocycles. The first-order valence-electron chi connectivity index (χ1n) is 16.2. The first-order chi connectivity index (χ1) is 18.8. The van der Waals surface area contributed by atoms with E-state index in [-0.39, 0.29) is 6.42 Å². The van der Waals surface area contributed by atoms with Crippen molar-refractivity contribution in [3.05, 3.63) is 60.8 Å². The van der Waals surface area contributed by atoms with E-state index in [1.165, 1.54) is 109 Å². The molecule has 0 fully saturated rings. The topological polar surface area (TPSA) is 40.1 Å². The van der Waals surface area contributed by atoms with Gasteiger partial charge in [0.25, 0.3) is 0 Å². The predicted molar refractivity (Wildman–Crippen MR) is 167 cm³/mol. The Morgan fingerprint density at radius 1 is 0.421 bits per heavy atom. The van der Waals surface area contributed by atoms with Crippen molar-refractivity contribution in [2.45, 2.75) is 161 Å². The molecule has 0 atom stereocenters. The highest BCUT2D eigenvalue weighted by Crippen LogP contribution is 2.14. The Labute approximate surface area is 237 Å². The highest BCUT2D eigenvalue weighted by Gasteiger charge is 1.95. The lowest BCUT2D eigenvalue weighted by molar-refractivity contribution is -0.305. The largest absolute Gasteiger partial charge is 0.550 e. The smallest absolute Gasteiger partial charge is 0.0414 e. The molecule has 0 unspecified atom stereocenters. The lowest BCUT2D eigenvalue weighted by Crippen LogP contribution is -2.21. The third kappa shape index (κ3) is 34.2. The molecule has 0 aliphatic rings. The van der Waals surface area contributed by atoms with Crippen LogP contribution in [0.25, 0.3) is 0 Å². The fourth-order valence-corrected chi connectivity index (χ4v) is 4.48. The molecule has 0 aromatic carbocycles. The van der Waals surface area contributed by atoms with Gasteiger partial charge in [-0.2, -0.15) is 0 Å². The molecule has 0 saturated heterocycles. The van der Waals surface area contributed by atoms with Gasteiger partial charge in [-0.25, -0.2) is 0 Å². The van der Waals surface area contributed by atoms with Crippen LogP contribution in [0.3, 0.4) is 0 Å². The van der Waals surface area contributed by atoms with Crippen LogP contribution in [0.4, 0.5) is 0 Å². The Balaban J connectivity index is 3.29. The molecule has 0 amide bonds. The van der Waals surface area contributed by atoms with Gasteiger partial charge in [0, 0.05) is 5.97 Å². The summed E-state index contributed by atoms with van der Waals surface area (Å²) in [4.78, 5) is 10.4. The van der Waals surface area contributed by atoms with Gasteiger partial charge in [0.1, 0.15) is 0 Å². The maximum atomic E-state index is 10.4. The zero-order valence-corrected chi connectivity index (χ0v) is 25.1. The van der Waals surface area contributed by atoms with E-state index in [0.717, 1.165) is 38.5 Å². The number of unbranched alkanes of at least 4 members (excludes halogenated alkanes) is 17. The van der Waals surface area contributed by atoms with Crippen LogP contribution in [-0.4, -0.2) is 5.97 Å². The highest BCUT2D eigenvalue weighted by molar-refractivity contribution is 5.64. The minimum Gasteiger partial charge on any atom is -0.550 e. The second-order valence-corrected chi connectivity index (χ2v) is 10.7. The minimum absolute atomic E-state index is 0.226. The summed E-state index contributed by atoms with van der Waals surface area (Å²) in [5, 5.41) is 10.4. The van der Waals surface area contributed by atoms with Gasteiger partial charge in [0.05, 0.1) is 0 Å². The van der Waals surface area contributed by atoms with Crippen molar-refractivity contribution in [2.24, 2.45) is 0 Å². The van der Waals surface area contributed by atoms with E-state index in [1.54, 1.807) is 0 Å². The third-order valence-electron chi connectivity index (χ3n) is 6.90. The molecular formula is C36H61O2-. The predicted octanol–water partition coefficient (Wildman–Crippen LogP) is 10.9. The number of carboxylic acid groups (broad SMARTS) is 1. The van der Waals surface area contributed by atoms with Crippen molar-refractivity contribution < 1.29 is 9.90 Å². The summed E-state index contributed by atoms with van der Waals surface area (Å²) in [5.74, 6) is -0.907. The summed E-state index contributed by atoms with van der Waals surface area (Å²) in [7, 11) is 0. The number of allylic oxidation sites excluding steroid dienone is 10. The molecule has 0 N–H and O–H groups in total. The molecule has 0 spiro atoms. The lowest BCUT2D eigenvalue weighted by Gasteiger charge is -2.04. The monoisotopic (exact) mass is 525 g/mol. The van der Waals surface area contributed by atoms with E-state index in [0.29, 0.717) is 0 Å². The Morgan fingerprint density at radius 3 is 1.05 bits per heavy atom. The minimum atomic E-state index is -0.907. The number of carbonyl (C=O) groups excluding carboxylic acids is 1. The second kappa shape index (κ2) is 33.2. The zero-order chi connectivity index (χ0) is 27.6. The van der Waals surface area contributed by atoms with Crippen molar-refractivity contribution in [1.29, 1.82) is 0 Å². The van der Waals surface area contributed by atoms with Crippen LogP contribution < -0.4 is 5.11 Å². The second-order valence-electron chi connectivity index (χ2n) is 10.7. The average Bonchev–Trinajstić information content (AvgIpc) is 2.91. The van der Waals surface area contributed by atoms with Crippen LogP contribution in [0.1, 0.15) is 161 Å². The SMILES string of the molecule is CCCCC/C=C\C/C=C\C/C=C\C/C=C\C/C=C\CCCCCCCCCCCCCCCCC(=O)[O-]. The highest BCUT2D eigenvalue weighted by atomic mass is 16.4. The number of hydrogen-bond donors (Lipinski definition) is 0. The van der Waals surface area contributed by atoms with Crippen molar-refractivity contribution in [2.75, 3.05) is 0 Å². The molecule has 0 aliphatic carbocycles. The number of carbonyl (C=O) groups is 1. The van der Waals surface area contributed by atoms with Gasteiger partial charge >= 0.3 is 0 Å². The van der Waals surface area contributed by atoms with Gasteiger partial charge in [-0.15, -0.1) is 0 Å². The Bertz CT molecular complexity index is 623. The van der Waals surface area contributed by atoms with Crippen LogP contribution in [0, 0.1) is 0 Å². The van der Waals surface area contributed by atoms with Crippen LogP contribution in [0.5, 0.6) is 0 Å². The molecule has 0 saturated carbocycles. The molecule has 0 aliphatic heterocycles. The molecule has 0 aromatic rings. The van der Waals surface area contributed by atoms with E-state index in [4.69, 9.17) is 0 Å². The molecule has 0 rings (SSSR count). The Kier molecular flexibility index (Phi) is 31.6. The van der Waals surface area contributed by atoms with Crippen molar-refractivity contribution >= 4 is 5.97 Å². The number of hydrogen-bond acceptors (Lipinski definition) is 2. The van der Waals surface area contributed by atoms with E-state index in [2.05, 4.69) is 67.7 Å².